The highest BCUT2D eigenvalue weighted by molar-refractivity contribution is 9.10. The number of anilines is 1. The van der Waals surface area contributed by atoms with E-state index in [1.807, 2.05) is 14.0 Å². The van der Waals surface area contributed by atoms with E-state index in [0.717, 1.165) is 34.7 Å². The zero-order valence-electron chi connectivity index (χ0n) is 11.1. The molecule has 1 N–H and O–H groups in total. The van der Waals surface area contributed by atoms with Crippen LogP contribution in [0.5, 0.6) is 0 Å². The molecule has 3 rings (SSSR count). The zero-order valence-corrected chi connectivity index (χ0v) is 12.7. The summed E-state index contributed by atoms with van der Waals surface area (Å²) in [6, 6.07) is 8.63. The fraction of sp³-hybridized carbons (Fsp3) is 0.333. The Morgan fingerprint density at radius 3 is 2.37 bits per heavy atom. The molecule has 0 amide bonds. The number of hydrogen-bond donors (Lipinski definition) is 1. The van der Waals surface area contributed by atoms with Crippen LogP contribution in [-0.2, 0) is 12.8 Å². The van der Waals surface area contributed by atoms with Gasteiger partial charge in [-0.25, -0.2) is 9.97 Å². The van der Waals surface area contributed by atoms with Gasteiger partial charge in [0.2, 0.25) is 0 Å². The fourth-order valence-electron chi connectivity index (χ4n) is 2.67. The van der Waals surface area contributed by atoms with Crippen LogP contribution in [0.4, 0.5) is 5.82 Å². The van der Waals surface area contributed by atoms with Gasteiger partial charge in [0, 0.05) is 13.0 Å². The number of fused-ring (bicyclic) bond motifs is 1. The molecule has 0 aliphatic heterocycles. The summed E-state index contributed by atoms with van der Waals surface area (Å²) in [5.41, 5.74) is 3.86. The maximum Gasteiger partial charge on any atom is 0.144 e. The van der Waals surface area contributed by atoms with Gasteiger partial charge >= 0.3 is 0 Å². The molecule has 1 aromatic carbocycles. The summed E-state index contributed by atoms with van der Waals surface area (Å²) >= 11 is 3.52. The lowest BCUT2D eigenvalue weighted by Crippen LogP contribution is -2.09. The third kappa shape index (κ3) is 2.25. The van der Waals surface area contributed by atoms with Crippen molar-refractivity contribution in [3.05, 3.63) is 51.4 Å². The van der Waals surface area contributed by atoms with E-state index in [9.17, 15) is 0 Å². The second kappa shape index (κ2) is 4.93. The van der Waals surface area contributed by atoms with Crippen LogP contribution in [-0.4, -0.2) is 17.0 Å². The molecule has 98 valence electrons. The van der Waals surface area contributed by atoms with Gasteiger partial charge in [-0.05, 0) is 46.8 Å². The first-order chi connectivity index (χ1) is 9.19. The van der Waals surface area contributed by atoms with Gasteiger partial charge in [0.05, 0.1) is 10.2 Å². The minimum atomic E-state index is 0.399. The Bertz CT molecular complexity index is 600. The summed E-state index contributed by atoms with van der Waals surface area (Å²) in [6.07, 6.45) is 2.08. The topological polar surface area (TPSA) is 37.8 Å². The average Bonchev–Trinajstić information content (AvgIpc) is 2.85. The van der Waals surface area contributed by atoms with Crippen molar-refractivity contribution in [2.75, 3.05) is 12.4 Å². The van der Waals surface area contributed by atoms with E-state index in [1.165, 1.54) is 11.1 Å². The van der Waals surface area contributed by atoms with Crippen molar-refractivity contribution >= 4 is 21.7 Å². The molecule has 0 atom stereocenters. The second-order valence-electron chi connectivity index (χ2n) is 4.95. The molecule has 0 bridgehead atoms. The van der Waals surface area contributed by atoms with Crippen LogP contribution in [0.2, 0.25) is 0 Å². The van der Waals surface area contributed by atoms with Gasteiger partial charge in [0.15, 0.2) is 0 Å². The smallest absolute Gasteiger partial charge is 0.144 e. The molecule has 2 aromatic rings. The van der Waals surface area contributed by atoms with E-state index in [1.54, 1.807) is 0 Å². The molecule has 4 heteroatoms. The normalized spacial score (nSPS) is 14.5. The van der Waals surface area contributed by atoms with Crippen LogP contribution < -0.4 is 5.32 Å². The van der Waals surface area contributed by atoms with Gasteiger partial charge in [-0.15, -0.1) is 0 Å². The molecule has 1 heterocycles. The molecule has 1 aliphatic rings. The molecule has 0 saturated heterocycles. The monoisotopic (exact) mass is 317 g/mol. The highest BCUT2D eigenvalue weighted by atomic mass is 79.9. The second-order valence-corrected chi connectivity index (χ2v) is 5.75. The highest BCUT2D eigenvalue weighted by Crippen LogP contribution is 2.34. The largest absolute Gasteiger partial charge is 0.372 e. The lowest BCUT2D eigenvalue weighted by molar-refractivity contribution is 0.678. The summed E-state index contributed by atoms with van der Waals surface area (Å²) < 4.78 is 0.953. The van der Waals surface area contributed by atoms with Crippen LogP contribution in [0.15, 0.2) is 28.7 Å². The Kier molecular flexibility index (Phi) is 3.27. The van der Waals surface area contributed by atoms with E-state index in [2.05, 4.69) is 55.5 Å². The first-order valence-corrected chi connectivity index (χ1v) is 7.27. The van der Waals surface area contributed by atoms with Crippen LogP contribution in [0.1, 0.15) is 28.6 Å². The Hall–Kier alpha value is -1.42. The van der Waals surface area contributed by atoms with Gasteiger partial charge in [0.25, 0.3) is 0 Å². The SMILES string of the molecule is CNc1nc(C2Cc3ccccc3C2)nc(C)c1Br. The molecule has 0 saturated carbocycles. The van der Waals surface area contributed by atoms with E-state index in [0.29, 0.717) is 5.92 Å². The molecular weight excluding hydrogens is 302 g/mol. The predicted molar refractivity (Wildman–Crippen MR) is 80.6 cm³/mol. The van der Waals surface area contributed by atoms with Crippen molar-refractivity contribution in [3.8, 4) is 0 Å². The molecule has 0 spiro atoms. The maximum atomic E-state index is 4.65. The third-order valence-electron chi connectivity index (χ3n) is 3.69. The number of nitrogens with zero attached hydrogens (tertiary/aromatic N) is 2. The number of aromatic nitrogens is 2. The molecule has 0 radical (unpaired) electrons. The number of benzene rings is 1. The molecule has 1 aliphatic carbocycles. The Labute approximate surface area is 121 Å². The number of rotatable bonds is 2. The van der Waals surface area contributed by atoms with Crippen LogP contribution in [0, 0.1) is 6.92 Å². The van der Waals surface area contributed by atoms with E-state index in [-0.39, 0.29) is 0 Å². The lowest BCUT2D eigenvalue weighted by Gasteiger charge is -2.12. The Morgan fingerprint density at radius 2 is 1.79 bits per heavy atom. The Balaban J connectivity index is 1.95. The summed E-state index contributed by atoms with van der Waals surface area (Å²) in [4.78, 5) is 9.30. The maximum absolute atomic E-state index is 4.65. The highest BCUT2D eigenvalue weighted by Gasteiger charge is 2.25. The molecule has 0 fully saturated rings. The summed E-state index contributed by atoms with van der Waals surface area (Å²) in [6.45, 7) is 2.01. The average molecular weight is 318 g/mol. The Morgan fingerprint density at radius 1 is 1.16 bits per heavy atom. The molecule has 0 unspecified atom stereocenters. The number of aryl methyl sites for hydroxylation is 1. The zero-order chi connectivity index (χ0) is 13.4. The van der Waals surface area contributed by atoms with Crippen LogP contribution in [0.3, 0.4) is 0 Å². The summed E-state index contributed by atoms with van der Waals surface area (Å²) in [5.74, 6) is 2.22. The third-order valence-corrected chi connectivity index (χ3v) is 4.64. The molecule has 19 heavy (non-hydrogen) atoms. The van der Waals surface area contributed by atoms with Crippen LogP contribution in [0.25, 0.3) is 0 Å². The first-order valence-electron chi connectivity index (χ1n) is 6.47. The van der Waals surface area contributed by atoms with Gasteiger partial charge in [-0.2, -0.15) is 0 Å². The van der Waals surface area contributed by atoms with Crippen molar-refractivity contribution in [1.29, 1.82) is 0 Å². The van der Waals surface area contributed by atoms with E-state index >= 15 is 0 Å². The quantitative estimate of drug-likeness (QED) is 0.921. The lowest BCUT2D eigenvalue weighted by atomic mass is 10.1. The predicted octanol–water partition coefficient (Wildman–Crippen LogP) is 3.47. The molecule has 3 nitrogen and oxygen atoms in total. The van der Waals surface area contributed by atoms with Crippen molar-refractivity contribution in [2.24, 2.45) is 0 Å². The minimum absolute atomic E-state index is 0.399. The van der Waals surface area contributed by atoms with Crippen molar-refractivity contribution in [1.82, 2.24) is 9.97 Å². The number of hydrogen-bond acceptors (Lipinski definition) is 3. The standard InChI is InChI=1S/C15H16BrN3/c1-9-13(16)15(17-2)19-14(18-9)12-7-10-5-3-4-6-11(10)8-12/h3-6,12H,7-8H2,1-2H3,(H,17,18,19). The first kappa shape index (κ1) is 12.6. The minimum Gasteiger partial charge on any atom is -0.372 e. The van der Waals surface area contributed by atoms with E-state index in [4.69, 9.17) is 0 Å². The molecular formula is C15H16BrN3. The van der Waals surface area contributed by atoms with Gasteiger partial charge < -0.3 is 5.32 Å². The number of halogens is 1. The van der Waals surface area contributed by atoms with E-state index < -0.39 is 0 Å². The summed E-state index contributed by atoms with van der Waals surface area (Å²) in [7, 11) is 1.89. The van der Waals surface area contributed by atoms with Gasteiger partial charge in [-0.3, -0.25) is 0 Å². The summed E-state index contributed by atoms with van der Waals surface area (Å²) in [5, 5.41) is 3.12. The van der Waals surface area contributed by atoms with Gasteiger partial charge in [-0.1, -0.05) is 24.3 Å². The van der Waals surface area contributed by atoms with Crippen molar-refractivity contribution in [2.45, 2.75) is 25.7 Å². The van der Waals surface area contributed by atoms with Crippen molar-refractivity contribution in [3.63, 3.8) is 0 Å². The molecule has 1 aromatic heterocycles. The van der Waals surface area contributed by atoms with Crippen LogP contribution >= 0.6 is 15.9 Å². The van der Waals surface area contributed by atoms with Crippen molar-refractivity contribution < 1.29 is 0 Å². The van der Waals surface area contributed by atoms with Gasteiger partial charge in [0.1, 0.15) is 11.6 Å². The number of nitrogens with one attached hydrogen (secondary N) is 1. The fourth-order valence-corrected chi connectivity index (χ4v) is 3.05.